The summed E-state index contributed by atoms with van der Waals surface area (Å²) in [7, 11) is 1.69. The number of nitrogens with one attached hydrogen (secondary N) is 3. The van der Waals surface area contributed by atoms with Gasteiger partial charge >= 0.3 is 6.03 Å². The van der Waals surface area contributed by atoms with Crippen LogP contribution in [0.4, 0.5) is 10.5 Å². The molecule has 0 spiro atoms. The van der Waals surface area contributed by atoms with Gasteiger partial charge in [0.2, 0.25) is 5.91 Å². The van der Waals surface area contributed by atoms with E-state index in [-0.39, 0.29) is 24.0 Å². The number of methoxy groups -OCH3 is 1. The first kappa shape index (κ1) is 24.3. The van der Waals surface area contributed by atoms with Crippen LogP contribution in [0, 0.1) is 0 Å². The molecule has 4 rings (SSSR count). The van der Waals surface area contributed by atoms with Crippen molar-refractivity contribution < 1.29 is 14.3 Å². The molecule has 180 valence electrons. The molecular weight excluding hydrogens is 468 g/mol. The topological polar surface area (TPSA) is 92.3 Å². The Morgan fingerprint density at radius 2 is 2.03 bits per heavy atom. The van der Waals surface area contributed by atoms with Crippen molar-refractivity contribution in [3.8, 4) is 5.75 Å². The zero-order chi connectivity index (χ0) is 23.9. The standard InChI is InChI=1S/C25H30N4O3S2/c1-16-19(28-24(31)26-16)9-4-3-5-11-23(30)27-18-12-13-20-22(14-18)34-25(29-20)33-15-17-8-6-7-10-21(17)32-2/h6-8,10,12-14,16,19H,3-5,9,11,15H2,1-2H3,(H,27,30)(H2,26,28,31). The average Bonchev–Trinajstić information content (AvgIpc) is 3.38. The molecule has 1 aliphatic rings. The van der Waals surface area contributed by atoms with E-state index >= 15 is 0 Å². The molecular formula is C25H30N4O3S2. The monoisotopic (exact) mass is 498 g/mol. The predicted octanol–water partition coefficient (Wildman–Crippen LogP) is 5.56. The Morgan fingerprint density at radius 1 is 1.18 bits per heavy atom. The Labute approximate surface area is 208 Å². The number of anilines is 1. The number of amides is 3. The molecule has 34 heavy (non-hydrogen) atoms. The average molecular weight is 499 g/mol. The smallest absolute Gasteiger partial charge is 0.315 e. The van der Waals surface area contributed by atoms with Crippen molar-refractivity contribution >= 4 is 50.9 Å². The minimum Gasteiger partial charge on any atom is -0.496 e. The summed E-state index contributed by atoms with van der Waals surface area (Å²) in [6, 6.07) is 14.1. The number of thiazole rings is 1. The Balaban J connectivity index is 1.22. The number of urea groups is 1. The molecule has 2 heterocycles. The predicted molar refractivity (Wildman–Crippen MR) is 139 cm³/mol. The molecule has 9 heteroatoms. The number of carbonyl (C=O) groups excluding carboxylic acids is 2. The van der Waals surface area contributed by atoms with Gasteiger partial charge in [-0.05, 0) is 44.0 Å². The third-order valence-electron chi connectivity index (χ3n) is 5.89. The lowest BCUT2D eigenvalue weighted by atomic mass is 10.0. The second-order valence-electron chi connectivity index (χ2n) is 8.42. The zero-order valence-corrected chi connectivity index (χ0v) is 21.1. The number of para-hydroxylation sites is 1. The van der Waals surface area contributed by atoms with Crippen LogP contribution in [-0.4, -0.2) is 36.1 Å². The van der Waals surface area contributed by atoms with Crippen LogP contribution in [0.2, 0.25) is 0 Å². The Morgan fingerprint density at radius 3 is 2.82 bits per heavy atom. The number of rotatable bonds is 11. The Hall–Kier alpha value is -2.78. The van der Waals surface area contributed by atoms with Crippen LogP contribution in [-0.2, 0) is 10.5 Å². The van der Waals surface area contributed by atoms with Crippen molar-refractivity contribution in [3.63, 3.8) is 0 Å². The minimum absolute atomic E-state index is 0.0267. The van der Waals surface area contributed by atoms with E-state index in [1.807, 2.05) is 43.3 Å². The molecule has 0 saturated carbocycles. The van der Waals surface area contributed by atoms with Gasteiger partial charge in [0.1, 0.15) is 5.75 Å². The van der Waals surface area contributed by atoms with Crippen LogP contribution < -0.4 is 20.7 Å². The number of hydrogen-bond donors (Lipinski definition) is 3. The molecule has 1 saturated heterocycles. The first-order valence-corrected chi connectivity index (χ1v) is 13.3. The van der Waals surface area contributed by atoms with Crippen molar-refractivity contribution in [2.45, 2.75) is 61.2 Å². The molecule has 3 aromatic rings. The van der Waals surface area contributed by atoms with Crippen molar-refractivity contribution in [1.82, 2.24) is 15.6 Å². The van der Waals surface area contributed by atoms with Gasteiger partial charge < -0.3 is 20.7 Å². The maximum Gasteiger partial charge on any atom is 0.315 e. The lowest BCUT2D eigenvalue weighted by molar-refractivity contribution is -0.116. The van der Waals surface area contributed by atoms with Crippen molar-refractivity contribution in [3.05, 3.63) is 48.0 Å². The highest BCUT2D eigenvalue weighted by molar-refractivity contribution is 8.00. The number of benzene rings is 2. The number of aromatic nitrogens is 1. The SMILES string of the molecule is COc1ccccc1CSc1nc2ccc(NC(=O)CCCCCC3NC(=O)NC3C)cc2s1. The first-order valence-electron chi connectivity index (χ1n) is 11.5. The van der Waals surface area contributed by atoms with E-state index in [2.05, 4.69) is 22.0 Å². The van der Waals surface area contributed by atoms with Crippen molar-refractivity contribution in [1.29, 1.82) is 0 Å². The van der Waals surface area contributed by atoms with Crippen molar-refractivity contribution in [2.75, 3.05) is 12.4 Å². The summed E-state index contributed by atoms with van der Waals surface area (Å²) in [5.74, 6) is 1.70. The second kappa shape index (κ2) is 11.6. The minimum atomic E-state index is -0.0862. The van der Waals surface area contributed by atoms with Crippen LogP contribution >= 0.6 is 23.1 Å². The molecule has 2 atom stereocenters. The summed E-state index contributed by atoms with van der Waals surface area (Å²) < 4.78 is 7.48. The van der Waals surface area contributed by atoms with Gasteiger partial charge in [0.25, 0.3) is 0 Å². The molecule has 1 fully saturated rings. The molecule has 7 nitrogen and oxygen atoms in total. The fourth-order valence-electron chi connectivity index (χ4n) is 4.02. The summed E-state index contributed by atoms with van der Waals surface area (Å²) in [4.78, 5) is 28.4. The molecule has 0 aliphatic carbocycles. The largest absolute Gasteiger partial charge is 0.496 e. The van der Waals surface area contributed by atoms with E-state index in [1.54, 1.807) is 30.2 Å². The highest BCUT2D eigenvalue weighted by Crippen LogP contribution is 2.34. The van der Waals surface area contributed by atoms with Gasteiger partial charge in [-0.25, -0.2) is 9.78 Å². The van der Waals surface area contributed by atoms with E-state index in [4.69, 9.17) is 9.72 Å². The first-order chi connectivity index (χ1) is 16.5. The summed E-state index contributed by atoms with van der Waals surface area (Å²) in [6.07, 6.45) is 4.22. The second-order valence-corrected chi connectivity index (χ2v) is 10.7. The van der Waals surface area contributed by atoms with Crippen LogP contribution in [0.25, 0.3) is 10.2 Å². The molecule has 3 N–H and O–H groups in total. The molecule has 2 aromatic carbocycles. The fourth-order valence-corrected chi connectivity index (χ4v) is 6.12. The van der Waals surface area contributed by atoms with Crippen LogP contribution in [0.5, 0.6) is 5.75 Å². The molecule has 3 amide bonds. The quantitative estimate of drug-likeness (QED) is 0.238. The van der Waals surface area contributed by atoms with Crippen LogP contribution in [0.3, 0.4) is 0 Å². The van der Waals surface area contributed by atoms with E-state index in [0.29, 0.717) is 6.42 Å². The maximum atomic E-state index is 12.4. The summed E-state index contributed by atoms with van der Waals surface area (Å²) in [5.41, 5.74) is 2.88. The Bertz CT molecular complexity index is 1150. The van der Waals surface area contributed by atoms with Gasteiger partial charge in [-0.1, -0.05) is 42.8 Å². The van der Waals surface area contributed by atoms with Crippen molar-refractivity contribution in [2.24, 2.45) is 0 Å². The molecule has 2 unspecified atom stereocenters. The van der Waals surface area contributed by atoms with Crippen LogP contribution in [0.15, 0.2) is 46.8 Å². The van der Waals surface area contributed by atoms with Crippen LogP contribution in [0.1, 0.15) is 44.6 Å². The number of hydrogen-bond acceptors (Lipinski definition) is 6. The summed E-state index contributed by atoms with van der Waals surface area (Å²) in [5, 5.41) is 8.81. The van der Waals surface area contributed by atoms with Gasteiger partial charge in [0.15, 0.2) is 4.34 Å². The number of carbonyl (C=O) groups is 2. The third kappa shape index (κ3) is 6.42. The van der Waals surface area contributed by atoms with Gasteiger partial charge in [-0.15, -0.1) is 11.3 Å². The van der Waals surface area contributed by atoms with E-state index in [0.717, 1.165) is 63.0 Å². The fraction of sp³-hybridized carbons (Fsp3) is 0.400. The number of ether oxygens (including phenoxy) is 1. The number of nitrogens with zero attached hydrogens (tertiary/aromatic N) is 1. The molecule has 0 bridgehead atoms. The van der Waals surface area contributed by atoms with Gasteiger partial charge in [0, 0.05) is 29.5 Å². The molecule has 1 aromatic heterocycles. The van der Waals surface area contributed by atoms with E-state index < -0.39 is 0 Å². The summed E-state index contributed by atoms with van der Waals surface area (Å²) in [6.45, 7) is 2.01. The number of thioether (sulfide) groups is 1. The molecule has 0 radical (unpaired) electrons. The lowest BCUT2D eigenvalue weighted by Crippen LogP contribution is -2.30. The zero-order valence-electron chi connectivity index (χ0n) is 19.4. The molecule has 1 aliphatic heterocycles. The maximum absolute atomic E-state index is 12.4. The Kier molecular flexibility index (Phi) is 8.29. The number of unbranched alkanes of at least 4 members (excludes halogenated alkanes) is 2. The highest BCUT2D eigenvalue weighted by atomic mass is 32.2. The van der Waals surface area contributed by atoms with Gasteiger partial charge in [-0.3, -0.25) is 4.79 Å². The lowest BCUT2D eigenvalue weighted by Gasteiger charge is -2.13. The summed E-state index contributed by atoms with van der Waals surface area (Å²) >= 11 is 3.32. The van der Waals surface area contributed by atoms with Gasteiger partial charge in [0.05, 0.1) is 23.4 Å². The van der Waals surface area contributed by atoms with Gasteiger partial charge in [-0.2, -0.15) is 0 Å². The third-order valence-corrected chi connectivity index (χ3v) is 8.10. The normalized spacial score (nSPS) is 17.4. The van der Waals surface area contributed by atoms with E-state index in [1.165, 1.54) is 0 Å². The highest BCUT2D eigenvalue weighted by Gasteiger charge is 2.26. The van der Waals surface area contributed by atoms with E-state index in [9.17, 15) is 9.59 Å². The number of fused-ring (bicyclic) bond motifs is 1.